The van der Waals surface area contributed by atoms with E-state index in [0.29, 0.717) is 0 Å². The lowest BCUT2D eigenvalue weighted by atomic mass is 10.1. The minimum absolute atomic E-state index is 0.374. The van der Waals surface area contributed by atoms with Crippen LogP contribution in [0.1, 0.15) is 31.4 Å². The van der Waals surface area contributed by atoms with Gasteiger partial charge in [0, 0.05) is 0 Å². The second-order valence-electron chi connectivity index (χ2n) is 4.29. The fourth-order valence-corrected chi connectivity index (χ4v) is 1.82. The highest BCUT2D eigenvalue weighted by molar-refractivity contribution is 5.33. The third-order valence-corrected chi connectivity index (χ3v) is 2.81. The van der Waals surface area contributed by atoms with Crippen molar-refractivity contribution in [2.45, 2.75) is 25.9 Å². The normalized spacial score (nSPS) is 12.1. The van der Waals surface area contributed by atoms with Gasteiger partial charge in [0.15, 0.2) is 0 Å². The Kier molecular flexibility index (Phi) is 4.37. The molecule has 2 aromatic rings. The molecule has 1 N–H and O–H groups in total. The van der Waals surface area contributed by atoms with Crippen LogP contribution in [0.5, 0.6) is 11.5 Å². The molecule has 0 fully saturated rings. The third kappa shape index (κ3) is 3.34. The van der Waals surface area contributed by atoms with Crippen LogP contribution in [0, 0.1) is 0 Å². The van der Waals surface area contributed by atoms with Gasteiger partial charge in [-0.25, -0.2) is 0 Å². The highest BCUT2D eigenvalue weighted by Crippen LogP contribution is 2.24. The van der Waals surface area contributed by atoms with Crippen LogP contribution in [-0.2, 0) is 0 Å². The summed E-state index contributed by atoms with van der Waals surface area (Å²) in [4.78, 5) is 0. The predicted octanol–water partition coefficient (Wildman–Crippen LogP) is 4.31. The van der Waals surface area contributed by atoms with E-state index in [1.165, 1.54) is 0 Å². The minimum atomic E-state index is -0.374. The molecule has 2 rings (SSSR count). The molecule has 0 spiro atoms. The molecule has 0 saturated heterocycles. The fourth-order valence-electron chi connectivity index (χ4n) is 1.82. The summed E-state index contributed by atoms with van der Waals surface area (Å²) in [6.45, 7) is 2.07. The second kappa shape index (κ2) is 6.22. The molecule has 2 aromatic carbocycles. The highest BCUT2D eigenvalue weighted by atomic mass is 16.5. The third-order valence-electron chi connectivity index (χ3n) is 2.81. The first-order chi connectivity index (χ1) is 8.79. The van der Waals surface area contributed by atoms with Gasteiger partial charge in [0.25, 0.3) is 0 Å². The Hall–Kier alpha value is -1.80. The number of para-hydroxylation sites is 1. The first kappa shape index (κ1) is 12.7. The van der Waals surface area contributed by atoms with Crippen molar-refractivity contribution >= 4 is 0 Å². The van der Waals surface area contributed by atoms with E-state index in [2.05, 4.69) is 6.92 Å². The van der Waals surface area contributed by atoms with Gasteiger partial charge in [-0.2, -0.15) is 0 Å². The Morgan fingerprint density at radius 1 is 0.944 bits per heavy atom. The van der Waals surface area contributed by atoms with Crippen LogP contribution in [0.2, 0.25) is 0 Å². The van der Waals surface area contributed by atoms with E-state index < -0.39 is 0 Å². The van der Waals surface area contributed by atoms with Crippen molar-refractivity contribution in [3.05, 3.63) is 60.2 Å². The highest BCUT2D eigenvalue weighted by Gasteiger charge is 2.06. The molecule has 0 bridgehead atoms. The maximum Gasteiger partial charge on any atom is 0.127 e. The number of ether oxygens (including phenoxy) is 1. The first-order valence-electron chi connectivity index (χ1n) is 6.30. The van der Waals surface area contributed by atoms with E-state index in [-0.39, 0.29) is 6.10 Å². The summed E-state index contributed by atoms with van der Waals surface area (Å²) < 4.78 is 5.69. The first-order valence-corrected chi connectivity index (χ1v) is 6.30. The molecule has 0 aliphatic carbocycles. The van der Waals surface area contributed by atoms with E-state index in [0.717, 1.165) is 29.9 Å². The second-order valence-corrected chi connectivity index (χ2v) is 4.29. The summed E-state index contributed by atoms with van der Waals surface area (Å²) in [7, 11) is 0. The van der Waals surface area contributed by atoms with Crippen molar-refractivity contribution in [3.8, 4) is 11.5 Å². The molecule has 2 nitrogen and oxygen atoms in total. The van der Waals surface area contributed by atoms with Crippen LogP contribution in [0.25, 0.3) is 0 Å². The molecule has 18 heavy (non-hydrogen) atoms. The van der Waals surface area contributed by atoms with Gasteiger partial charge in [-0.05, 0) is 36.2 Å². The smallest absolute Gasteiger partial charge is 0.127 e. The Balaban J connectivity index is 2.04. The molecule has 2 heteroatoms. The van der Waals surface area contributed by atoms with Crippen molar-refractivity contribution in [1.82, 2.24) is 0 Å². The standard InChI is InChI=1S/C16H18O2/c1-2-6-16(17)13-9-11-15(12-10-13)18-14-7-4-3-5-8-14/h3-5,7-12,16-17H,2,6H2,1H3. The topological polar surface area (TPSA) is 29.5 Å². The molecule has 0 radical (unpaired) electrons. The van der Waals surface area contributed by atoms with Crippen LogP contribution in [0.15, 0.2) is 54.6 Å². The molecule has 94 valence electrons. The van der Waals surface area contributed by atoms with Gasteiger partial charge >= 0.3 is 0 Å². The Bertz CT molecular complexity index is 462. The monoisotopic (exact) mass is 242 g/mol. The number of hydrogen-bond acceptors (Lipinski definition) is 2. The van der Waals surface area contributed by atoms with Crippen LogP contribution in [-0.4, -0.2) is 5.11 Å². The molecule has 0 aliphatic rings. The largest absolute Gasteiger partial charge is 0.457 e. The van der Waals surface area contributed by atoms with Gasteiger partial charge in [-0.3, -0.25) is 0 Å². The summed E-state index contributed by atoms with van der Waals surface area (Å²) in [5.74, 6) is 1.60. The van der Waals surface area contributed by atoms with Crippen molar-refractivity contribution in [1.29, 1.82) is 0 Å². The summed E-state index contributed by atoms with van der Waals surface area (Å²) in [5, 5.41) is 9.86. The van der Waals surface area contributed by atoms with Crippen LogP contribution in [0.4, 0.5) is 0 Å². The number of aliphatic hydroxyl groups is 1. The summed E-state index contributed by atoms with van der Waals surface area (Å²) in [5.41, 5.74) is 0.942. The van der Waals surface area contributed by atoms with E-state index in [9.17, 15) is 5.11 Å². The molecule has 0 saturated carbocycles. The molecular formula is C16H18O2. The average molecular weight is 242 g/mol. The van der Waals surface area contributed by atoms with Crippen LogP contribution < -0.4 is 4.74 Å². The zero-order valence-electron chi connectivity index (χ0n) is 10.5. The lowest BCUT2D eigenvalue weighted by Crippen LogP contribution is -1.96. The number of rotatable bonds is 5. The molecule has 0 aromatic heterocycles. The predicted molar refractivity (Wildman–Crippen MR) is 72.8 cm³/mol. The van der Waals surface area contributed by atoms with Gasteiger partial charge in [0.2, 0.25) is 0 Å². The number of benzene rings is 2. The maximum atomic E-state index is 9.86. The van der Waals surface area contributed by atoms with Crippen molar-refractivity contribution in [3.63, 3.8) is 0 Å². The van der Waals surface area contributed by atoms with Crippen molar-refractivity contribution < 1.29 is 9.84 Å². The Morgan fingerprint density at radius 2 is 1.56 bits per heavy atom. The van der Waals surface area contributed by atoms with E-state index in [1.807, 2.05) is 54.6 Å². The van der Waals surface area contributed by atoms with Gasteiger partial charge in [0.1, 0.15) is 11.5 Å². The van der Waals surface area contributed by atoms with Gasteiger partial charge in [-0.15, -0.1) is 0 Å². The Morgan fingerprint density at radius 3 is 2.17 bits per heavy atom. The molecule has 0 amide bonds. The summed E-state index contributed by atoms with van der Waals surface area (Å²) in [6, 6.07) is 17.3. The molecular weight excluding hydrogens is 224 g/mol. The quantitative estimate of drug-likeness (QED) is 0.846. The number of aliphatic hydroxyl groups excluding tert-OH is 1. The van der Waals surface area contributed by atoms with Crippen molar-refractivity contribution in [2.24, 2.45) is 0 Å². The maximum absolute atomic E-state index is 9.86. The van der Waals surface area contributed by atoms with Crippen LogP contribution in [0.3, 0.4) is 0 Å². The van der Waals surface area contributed by atoms with Gasteiger partial charge < -0.3 is 9.84 Å². The zero-order chi connectivity index (χ0) is 12.8. The Labute approximate surface area is 108 Å². The number of hydrogen-bond donors (Lipinski definition) is 1. The SMILES string of the molecule is CCCC(O)c1ccc(Oc2ccccc2)cc1. The zero-order valence-corrected chi connectivity index (χ0v) is 10.5. The lowest BCUT2D eigenvalue weighted by molar-refractivity contribution is 0.166. The van der Waals surface area contributed by atoms with Gasteiger partial charge in [-0.1, -0.05) is 43.7 Å². The van der Waals surface area contributed by atoms with Crippen molar-refractivity contribution in [2.75, 3.05) is 0 Å². The molecule has 1 atom stereocenters. The van der Waals surface area contributed by atoms with Gasteiger partial charge in [0.05, 0.1) is 6.10 Å². The van der Waals surface area contributed by atoms with Crippen LogP contribution >= 0.6 is 0 Å². The molecule has 0 heterocycles. The molecule has 0 aliphatic heterocycles. The lowest BCUT2D eigenvalue weighted by Gasteiger charge is -2.11. The summed E-state index contributed by atoms with van der Waals surface area (Å²) >= 11 is 0. The van der Waals surface area contributed by atoms with E-state index >= 15 is 0 Å². The minimum Gasteiger partial charge on any atom is -0.457 e. The van der Waals surface area contributed by atoms with E-state index in [1.54, 1.807) is 0 Å². The van der Waals surface area contributed by atoms with E-state index in [4.69, 9.17) is 4.74 Å². The molecule has 1 unspecified atom stereocenters. The fraction of sp³-hybridized carbons (Fsp3) is 0.250. The average Bonchev–Trinajstić information content (AvgIpc) is 2.41. The summed E-state index contributed by atoms with van der Waals surface area (Å²) in [6.07, 6.45) is 1.39.